The highest BCUT2D eigenvalue weighted by Gasteiger charge is 2.54. The fourth-order valence-corrected chi connectivity index (χ4v) is 3.53. The predicted molar refractivity (Wildman–Crippen MR) is 58.4 cm³/mol. The predicted octanol–water partition coefficient (Wildman–Crippen LogP) is 6.07. The van der Waals surface area contributed by atoms with Gasteiger partial charge in [-0.2, -0.15) is 35.1 Å². The molecule has 0 saturated heterocycles. The molecule has 2 aliphatic carbocycles. The van der Waals surface area contributed by atoms with E-state index in [1.807, 2.05) is 0 Å². The number of alkyl halides is 6. The summed E-state index contributed by atoms with van der Waals surface area (Å²) in [4.78, 5) is 0. The Morgan fingerprint density at radius 3 is 1.22 bits per heavy atom. The topological polar surface area (TPSA) is 0 Å². The third kappa shape index (κ3) is 3.35. The second-order valence-corrected chi connectivity index (χ2v) is 5.77. The molecule has 4 atom stereocenters. The third-order valence-electron chi connectivity index (χ3n) is 4.38. The van der Waals surface area contributed by atoms with Crippen molar-refractivity contribution in [1.82, 2.24) is 0 Å². The lowest BCUT2D eigenvalue weighted by Gasteiger charge is -2.28. The Hall–Kier alpha value is -1.22. The van der Waals surface area contributed by atoms with Gasteiger partial charge < -0.3 is 0 Å². The molecule has 0 nitrogen and oxygen atoms in total. The van der Waals surface area contributed by atoms with Gasteiger partial charge in [0, 0.05) is 11.8 Å². The molecule has 2 saturated carbocycles. The van der Waals surface area contributed by atoms with Crippen molar-refractivity contribution >= 4 is 0 Å². The van der Waals surface area contributed by atoms with Crippen LogP contribution in [-0.2, 0) is 0 Å². The van der Waals surface area contributed by atoms with Crippen LogP contribution in [0.25, 0.3) is 0 Å². The molecule has 2 rings (SSSR count). The molecular formula is C13H10F10. The van der Waals surface area contributed by atoms with Crippen LogP contribution in [-0.4, -0.2) is 12.4 Å². The maximum absolute atomic E-state index is 13.7. The van der Waals surface area contributed by atoms with Crippen LogP contribution in [0, 0.1) is 23.7 Å². The van der Waals surface area contributed by atoms with E-state index in [0.29, 0.717) is 0 Å². The van der Waals surface area contributed by atoms with E-state index in [0.717, 1.165) is 0 Å². The summed E-state index contributed by atoms with van der Waals surface area (Å²) in [6.45, 7) is 0. The number of fused-ring (bicyclic) bond motifs is 2. The molecule has 0 heterocycles. The van der Waals surface area contributed by atoms with Crippen molar-refractivity contribution < 1.29 is 43.9 Å². The number of hydrogen-bond acceptors (Lipinski definition) is 0. The van der Waals surface area contributed by atoms with Crippen LogP contribution in [0.2, 0.25) is 0 Å². The van der Waals surface area contributed by atoms with Crippen LogP contribution in [0.4, 0.5) is 43.9 Å². The first-order chi connectivity index (χ1) is 10.3. The molecule has 0 N–H and O–H groups in total. The van der Waals surface area contributed by atoms with Crippen molar-refractivity contribution in [3.8, 4) is 0 Å². The lowest BCUT2D eigenvalue weighted by atomic mass is 9.78. The van der Waals surface area contributed by atoms with E-state index < -0.39 is 59.3 Å². The Morgan fingerprint density at radius 2 is 0.957 bits per heavy atom. The minimum absolute atomic E-state index is 0.0769. The molecule has 132 valence electrons. The Labute approximate surface area is 123 Å². The lowest BCUT2D eigenvalue weighted by Crippen LogP contribution is -2.25. The van der Waals surface area contributed by atoms with E-state index in [1.54, 1.807) is 0 Å². The van der Waals surface area contributed by atoms with Crippen molar-refractivity contribution in [2.75, 3.05) is 0 Å². The Morgan fingerprint density at radius 1 is 0.609 bits per heavy atom. The van der Waals surface area contributed by atoms with Gasteiger partial charge in [-0.1, -0.05) is 0 Å². The van der Waals surface area contributed by atoms with Gasteiger partial charge in [0.2, 0.25) is 11.7 Å². The number of hydrogen-bond donors (Lipinski definition) is 0. The summed E-state index contributed by atoms with van der Waals surface area (Å²) < 4.78 is 126. The number of halogens is 10. The zero-order chi connectivity index (χ0) is 17.7. The monoisotopic (exact) mass is 356 g/mol. The maximum Gasteiger partial charge on any atom is 0.445 e. The van der Waals surface area contributed by atoms with Crippen LogP contribution in [0.15, 0.2) is 23.3 Å². The normalized spacial score (nSPS) is 33.7. The van der Waals surface area contributed by atoms with Gasteiger partial charge in [0.1, 0.15) is 11.7 Å². The zero-order valence-corrected chi connectivity index (χ0v) is 11.2. The van der Waals surface area contributed by atoms with Gasteiger partial charge in [0.15, 0.2) is 0 Å². The second-order valence-electron chi connectivity index (χ2n) is 5.77. The summed E-state index contributed by atoms with van der Waals surface area (Å²) in [6.07, 6.45) is -11.7. The van der Waals surface area contributed by atoms with E-state index >= 15 is 0 Å². The quantitative estimate of drug-likeness (QED) is 0.527. The van der Waals surface area contributed by atoms with E-state index in [4.69, 9.17) is 0 Å². The van der Waals surface area contributed by atoms with E-state index in [-0.39, 0.29) is 19.3 Å². The molecule has 10 heteroatoms. The molecule has 0 spiro atoms. The van der Waals surface area contributed by atoms with Crippen molar-refractivity contribution in [3.63, 3.8) is 0 Å². The van der Waals surface area contributed by atoms with Gasteiger partial charge >= 0.3 is 12.4 Å². The Bertz CT molecular complexity index is 492. The summed E-state index contributed by atoms with van der Waals surface area (Å²) in [5.74, 6) is -15.6. The van der Waals surface area contributed by atoms with Gasteiger partial charge in [-0.3, -0.25) is 0 Å². The van der Waals surface area contributed by atoms with Crippen LogP contribution in [0.3, 0.4) is 0 Å². The van der Waals surface area contributed by atoms with Gasteiger partial charge in [-0.05, 0) is 31.1 Å². The minimum Gasteiger partial charge on any atom is -0.208 e. The summed E-state index contributed by atoms with van der Waals surface area (Å²) in [7, 11) is 0. The fourth-order valence-electron chi connectivity index (χ4n) is 3.53. The lowest BCUT2D eigenvalue weighted by molar-refractivity contribution is -0.112. The average Bonchev–Trinajstić information content (AvgIpc) is 3.01. The second kappa shape index (κ2) is 5.70. The Balaban J connectivity index is 2.31. The van der Waals surface area contributed by atoms with Gasteiger partial charge in [0.05, 0.1) is 0 Å². The van der Waals surface area contributed by atoms with Gasteiger partial charge in [0.25, 0.3) is 0 Å². The molecule has 2 aliphatic rings. The first-order valence-electron chi connectivity index (χ1n) is 6.58. The molecule has 0 aromatic carbocycles. The van der Waals surface area contributed by atoms with E-state index in [9.17, 15) is 43.9 Å². The highest BCUT2D eigenvalue weighted by Crippen LogP contribution is 2.58. The molecule has 23 heavy (non-hydrogen) atoms. The molecule has 2 fully saturated rings. The van der Waals surface area contributed by atoms with Crippen LogP contribution in [0.1, 0.15) is 19.3 Å². The summed E-state index contributed by atoms with van der Waals surface area (Å²) in [5, 5.41) is 0. The van der Waals surface area contributed by atoms with Crippen molar-refractivity contribution in [1.29, 1.82) is 0 Å². The molecule has 2 unspecified atom stereocenters. The van der Waals surface area contributed by atoms with Crippen molar-refractivity contribution in [3.05, 3.63) is 23.3 Å². The molecule has 0 amide bonds. The van der Waals surface area contributed by atoms with E-state index in [1.165, 1.54) is 0 Å². The number of rotatable bonds is 2. The smallest absolute Gasteiger partial charge is 0.208 e. The minimum atomic E-state index is -5.58. The third-order valence-corrected chi connectivity index (χ3v) is 4.38. The molecule has 0 aliphatic heterocycles. The van der Waals surface area contributed by atoms with Gasteiger partial charge in [-0.15, -0.1) is 0 Å². The van der Waals surface area contributed by atoms with E-state index in [2.05, 4.69) is 0 Å². The summed E-state index contributed by atoms with van der Waals surface area (Å²) >= 11 is 0. The van der Waals surface area contributed by atoms with Crippen LogP contribution in [0.5, 0.6) is 0 Å². The first-order valence-corrected chi connectivity index (χ1v) is 6.58. The van der Waals surface area contributed by atoms with Gasteiger partial charge in [-0.25, -0.2) is 8.78 Å². The molecule has 0 aromatic heterocycles. The molecule has 0 aromatic rings. The molecular weight excluding hydrogens is 346 g/mol. The largest absolute Gasteiger partial charge is 0.445 e. The highest BCUT2D eigenvalue weighted by atomic mass is 19.4. The van der Waals surface area contributed by atoms with Crippen LogP contribution >= 0.6 is 0 Å². The fraction of sp³-hybridized carbons (Fsp3) is 0.692. The highest BCUT2D eigenvalue weighted by molar-refractivity contribution is 5.20. The summed E-state index contributed by atoms with van der Waals surface area (Å²) in [5.41, 5.74) is 0. The standard InChI is InChI=1S/C13H10F10/c14-8(10(16)12(18,19)20)6-2-4-1-5(6)7(3-4)9(15)11(17)13(21,22)23/h4-7H,1-3H2/b10-8-,11-9-/t4?,5?,6-,7+. The van der Waals surface area contributed by atoms with Crippen molar-refractivity contribution in [2.24, 2.45) is 23.7 Å². The number of allylic oxidation sites excluding steroid dienone is 4. The zero-order valence-electron chi connectivity index (χ0n) is 11.2. The maximum atomic E-state index is 13.7. The Kier molecular flexibility index (Phi) is 4.49. The average molecular weight is 356 g/mol. The first kappa shape index (κ1) is 18.1. The molecule has 0 radical (unpaired) electrons. The summed E-state index contributed by atoms with van der Waals surface area (Å²) in [6, 6.07) is 0. The molecule has 2 bridgehead atoms. The van der Waals surface area contributed by atoms with Crippen molar-refractivity contribution in [2.45, 2.75) is 31.6 Å². The SMILES string of the molecule is F/C(=C(\F)C(F)(F)F)[C@H]1CC2CC1[C@H](/C(F)=C(/F)C(F)(F)F)C2. The van der Waals surface area contributed by atoms with Crippen LogP contribution < -0.4 is 0 Å².